The van der Waals surface area contributed by atoms with Gasteiger partial charge in [0.2, 0.25) is 5.91 Å². The molecule has 0 saturated carbocycles. The van der Waals surface area contributed by atoms with Crippen molar-refractivity contribution in [3.8, 4) is 5.75 Å². The molecular formula is C29H36N2O4S. The predicted molar refractivity (Wildman–Crippen MR) is 145 cm³/mol. The molecule has 3 aromatic rings. The zero-order valence-electron chi connectivity index (χ0n) is 21.7. The third-order valence-electron chi connectivity index (χ3n) is 5.63. The maximum atomic E-state index is 13.6. The first-order chi connectivity index (χ1) is 17.0. The second-order valence-corrected chi connectivity index (χ2v) is 11.3. The van der Waals surface area contributed by atoms with Gasteiger partial charge in [-0.2, -0.15) is 0 Å². The monoisotopic (exact) mass is 508 g/mol. The number of anilines is 1. The number of aryl methyl sites for hydroxylation is 4. The maximum Gasteiger partial charge on any atom is 0.264 e. The van der Waals surface area contributed by atoms with Crippen LogP contribution < -0.4 is 14.4 Å². The highest BCUT2D eigenvalue weighted by molar-refractivity contribution is 7.92. The molecule has 36 heavy (non-hydrogen) atoms. The molecule has 192 valence electrons. The number of sulfonamides is 1. The number of hydrogen-bond donors (Lipinski definition) is 1. The minimum absolute atomic E-state index is 0.107. The molecule has 3 rings (SSSR count). The van der Waals surface area contributed by atoms with Gasteiger partial charge in [-0.05, 0) is 101 Å². The SMILES string of the molecule is Cc1ccc(S(=O)(=O)N(CC(=O)NCCCc2cccc(OC(C)C)c2)c2cc(C)cc(C)c2)cc1. The number of rotatable bonds is 11. The topological polar surface area (TPSA) is 75.7 Å². The van der Waals surface area contributed by atoms with E-state index in [9.17, 15) is 13.2 Å². The van der Waals surface area contributed by atoms with Crippen LogP contribution in [-0.2, 0) is 21.2 Å². The number of benzene rings is 3. The molecule has 0 aliphatic carbocycles. The summed E-state index contributed by atoms with van der Waals surface area (Å²) in [6, 6.07) is 20.2. The van der Waals surface area contributed by atoms with E-state index in [1.165, 1.54) is 4.31 Å². The first-order valence-corrected chi connectivity index (χ1v) is 13.7. The van der Waals surface area contributed by atoms with E-state index in [0.717, 1.165) is 40.8 Å². The number of nitrogens with zero attached hydrogens (tertiary/aromatic N) is 1. The summed E-state index contributed by atoms with van der Waals surface area (Å²) >= 11 is 0. The van der Waals surface area contributed by atoms with Crippen molar-refractivity contribution in [2.24, 2.45) is 0 Å². The van der Waals surface area contributed by atoms with Gasteiger partial charge in [0.05, 0.1) is 16.7 Å². The highest BCUT2D eigenvalue weighted by Crippen LogP contribution is 2.26. The lowest BCUT2D eigenvalue weighted by Crippen LogP contribution is -2.41. The van der Waals surface area contributed by atoms with Crippen LogP contribution in [0.1, 0.15) is 42.5 Å². The van der Waals surface area contributed by atoms with Crippen LogP contribution in [0.3, 0.4) is 0 Å². The van der Waals surface area contributed by atoms with Gasteiger partial charge in [-0.15, -0.1) is 0 Å². The molecule has 0 bridgehead atoms. The van der Waals surface area contributed by atoms with Crippen molar-refractivity contribution >= 4 is 21.6 Å². The average molecular weight is 509 g/mol. The summed E-state index contributed by atoms with van der Waals surface area (Å²) in [6.45, 7) is 9.85. The summed E-state index contributed by atoms with van der Waals surface area (Å²) in [7, 11) is -3.93. The fraction of sp³-hybridized carbons (Fsp3) is 0.345. The van der Waals surface area contributed by atoms with Gasteiger partial charge in [0, 0.05) is 6.54 Å². The van der Waals surface area contributed by atoms with Crippen LogP contribution >= 0.6 is 0 Å². The molecular weight excluding hydrogens is 472 g/mol. The summed E-state index contributed by atoms with van der Waals surface area (Å²) in [4.78, 5) is 13.0. The van der Waals surface area contributed by atoms with Gasteiger partial charge in [-0.3, -0.25) is 9.10 Å². The lowest BCUT2D eigenvalue weighted by Gasteiger charge is -2.25. The van der Waals surface area contributed by atoms with Gasteiger partial charge in [-0.1, -0.05) is 35.9 Å². The van der Waals surface area contributed by atoms with E-state index >= 15 is 0 Å². The van der Waals surface area contributed by atoms with Crippen LogP contribution in [0.4, 0.5) is 5.69 Å². The Hall–Kier alpha value is -3.32. The van der Waals surface area contributed by atoms with Crippen LogP contribution in [0.15, 0.2) is 71.6 Å². The van der Waals surface area contributed by atoms with E-state index in [1.807, 2.05) is 65.0 Å². The standard InChI is InChI=1S/C29H36N2O4S/c1-21(2)35-27-10-6-8-25(19-27)9-7-15-30-29(32)20-31(26-17-23(4)16-24(5)18-26)36(33,34)28-13-11-22(3)12-14-28/h6,8,10-14,16-19,21H,7,9,15,20H2,1-5H3,(H,30,32). The Morgan fingerprint density at radius 1 is 0.917 bits per heavy atom. The predicted octanol–water partition coefficient (Wildman–Crippen LogP) is 5.34. The van der Waals surface area contributed by atoms with Gasteiger partial charge in [-0.25, -0.2) is 8.42 Å². The van der Waals surface area contributed by atoms with Crippen LogP contribution in [0, 0.1) is 20.8 Å². The van der Waals surface area contributed by atoms with Crippen molar-refractivity contribution in [3.05, 3.63) is 89.0 Å². The molecule has 1 N–H and O–H groups in total. The van der Waals surface area contributed by atoms with E-state index in [-0.39, 0.29) is 23.5 Å². The molecule has 0 unspecified atom stereocenters. The second-order valence-electron chi connectivity index (χ2n) is 9.44. The van der Waals surface area contributed by atoms with Crippen LogP contribution in [0.2, 0.25) is 0 Å². The first-order valence-electron chi connectivity index (χ1n) is 12.2. The number of hydrogen-bond acceptors (Lipinski definition) is 4. The molecule has 0 heterocycles. The molecule has 0 radical (unpaired) electrons. The average Bonchev–Trinajstić information content (AvgIpc) is 2.79. The van der Waals surface area contributed by atoms with Crippen molar-refractivity contribution in [2.75, 3.05) is 17.4 Å². The molecule has 7 heteroatoms. The van der Waals surface area contributed by atoms with Gasteiger partial charge in [0.15, 0.2) is 0 Å². The fourth-order valence-electron chi connectivity index (χ4n) is 4.00. The molecule has 0 aliphatic rings. The third-order valence-corrected chi connectivity index (χ3v) is 7.41. The quantitative estimate of drug-likeness (QED) is 0.355. The van der Waals surface area contributed by atoms with Crippen molar-refractivity contribution in [3.63, 3.8) is 0 Å². The number of carbonyl (C=O) groups is 1. The summed E-state index contributed by atoms with van der Waals surface area (Å²) in [5, 5.41) is 2.89. The highest BCUT2D eigenvalue weighted by Gasteiger charge is 2.27. The van der Waals surface area contributed by atoms with E-state index < -0.39 is 10.0 Å². The molecule has 0 saturated heterocycles. The van der Waals surface area contributed by atoms with Gasteiger partial charge >= 0.3 is 0 Å². The smallest absolute Gasteiger partial charge is 0.264 e. The van der Waals surface area contributed by atoms with Crippen molar-refractivity contribution in [2.45, 2.75) is 58.5 Å². The molecule has 1 amide bonds. The number of amides is 1. The largest absolute Gasteiger partial charge is 0.491 e. The number of ether oxygens (including phenoxy) is 1. The molecule has 0 spiro atoms. The van der Waals surface area contributed by atoms with Crippen molar-refractivity contribution < 1.29 is 17.9 Å². The summed E-state index contributed by atoms with van der Waals surface area (Å²) in [5.74, 6) is 0.485. The van der Waals surface area contributed by atoms with Crippen LogP contribution in [0.25, 0.3) is 0 Å². The minimum atomic E-state index is -3.93. The Kier molecular flexibility index (Phi) is 9.15. The van der Waals surface area contributed by atoms with Crippen LogP contribution in [0.5, 0.6) is 5.75 Å². The molecule has 6 nitrogen and oxygen atoms in total. The molecule has 0 aliphatic heterocycles. The van der Waals surface area contributed by atoms with Gasteiger partial charge in [0.25, 0.3) is 10.0 Å². The molecule has 0 fully saturated rings. The normalized spacial score (nSPS) is 11.4. The van der Waals surface area contributed by atoms with Crippen molar-refractivity contribution in [1.29, 1.82) is 0 Å². The maximum absolute atomic E-state index is 13.6. The fourth-order valence-corrected chi connectivity index (χ4v) is 5.40. The van der Waals surface area contributed by atoms with E-state index in [1.54, 1.807) is 36.4 Å². The van der Waals surface area contributed by atoms with Gasteiger partial charge < -0.3 is 10.1 Å². The lowest BCUT2D eigenvalue weighted by molar-refractivity contribution is -0.119. The van der Waals surface area contributed by atoms with Gasteiger partial charge in [0.1, 0.15) is 12.3 Å². The summed E-state index contributed by atoms with van der Waals surface area (Å²) in [6.07, 6.45) is 1.61. The highest BCUT2D eigenvalue weighted by atomic mass is 32.2. The number of carbonyl (C=O) groups excluding carboxylic acids is 1. The summed E-state index contributed by atoms with van der Waals surface area (Å²) in [5.41, 5.74) is 4.42. The summed E-state index contributed by atoms with van der Waals surface area (Å²) < 4.78 is 34.1. The lowest BCUT2D eigenvalue weighted by atomic mass is 10.1. The first kappa shape index (κ1) is 27.3. The van der Waals surface area contributed by atoms with E-state index in [4.69, 9.17) is 4.74 Å². The van der Waals surface area contributed by atoms with E-state index in [0.29, 0.717) is 12.2 Å². The Bertz CT molecular complexity index is 1260. The molecule has 0 aromatic heterocycles. The zero-order chi connectivity index (χ0) is 26.3. The zero-order valence-corrected chi connectivity index (χ0v) is 22.6. The Morgan fingerprint density at radius 3 is 2.22 bits per heavy atom. The van der Waals surface area contributed by atoms with Crippen LogP contribution in [-0.4, -0.2) is 33.5 Å². The second kappa shape index (κ2) is 12.1. The Labute approximate surface area is 215 Å². The Morgan fingerprint density at radius 2 is 1.58 bits per heavy atom. The minimum Gasteiger partial charge on any atom is -0.491 e. The molecule has 3 aromatic carbocycles. The van der Waals surface area contributed by atoms with Crippen molar-refractivity contribution in [1.82, 2.24) is 5.32 Å². The van der Waals surface area contributed by atoms with E-state index in [2.05, 4.69) is 5.32 Å². The Balaban J connectivity index is 1.69. The number of nitrogens with one attached hydrogen (secondary N) is 1. The molecule has 0 atom stereocenters. The third kappa shape index (κ3) is 7.59.